The van der Waals surface area contributed by atoms with E-state index in [2.05, 4.69) is 30.7 Å². The smallest absolute Gasteiger partial charge is 0.0900 e. The van der Waals surface area contributed by atoms with Gasteiger partial charge >= 0.3 is 0 Å². The van der Waals surface area contributed by atoms with Crippen LogP contribution in [0.3, 0.4) is 0 Å². The fourth-order valence-electron chi connectivity index (χ4n) is 2.47. The van der Waals surface area contributed by atoms with Gasteiger partial charge in [-0.3, -0.25) is 4.90 Å². The Hall–Kier alpha value is -0.490. The van der Waals surface area contributed by atoms with E-state index in [1.54, 1.807) is 11.3 Å². The van der Waals surface area contributed by atoms with Gasteiger partial charge in [-0.2, -0.15) is 0 Å². The summed E-state index contributed by atoms with van der Waals surface area (Å²) in [6.45, 7) is 11.1. The maximum Gasteiger partial charge on any atom is 0.0900 e. The maximum absolute atomic E-state index is 5.94. The Bertz CT molecular complexity index is 405. The molecule has 1 aromatic heterocycles. The lowest BCUT2D eigenvalue weighted by molar-refractivity contribution is -0.0503. The molecule has 0 saturated carbocycles. The number of nitrogens with zero attached hydrogens (tertiary/aromatic N) is 2. The first kappa shape index (κ1) is 13.9. The summed E-state index contributed by atoms with van der Waals surface area (Å²) in [5.74, 6) is 0. The largest absolute Gasteiger partial charge is 0.374 e. The number of aryl methyl sites for hydroxylation is 2. The minimum Gasteiger partial charge on any atom is -0.374 e. The van der Waals surface area contributed by atoms with Crippen molar-refractivity contribution in [2.45, 2.75) is 45.9 Å². The summed E-state index contributed by atoms with van der Waals surface area (Å²) in [4.78, 5) is 8.41. The van der Waals surface area contributed by atoms with E-state index in [1.807, 2.05) is 6.92 Å². The Morgan fingerprint density at radius 1 is 1.44 bits per heavy atom. The van der Waals surface area contributed by atoms with Gasteiger partial charge in [0.15, 0.2) is 0 Å². The number of ether oxygens (including phenoxy) is 1. The van der Waals surface area contributed by atoms with Gasteiger partial charge in [-0.15, -0.1) is 11.3 Å². The zero-order chi connectivity index (χ0) is 13.3. The van der Waals surface area contributed by atoms with Crippen LogP contribution in [0.5, 0.6) is 0 Å². The van der Waals surface area contributed by atoms with Crippen LogP contribution in [0.4, 0.5) is 0 Å². The lowest BCUT2D eigenvalue weighted by Gasteiger charge is -2.37. The zero-order valence-corrected chi connectivity index (χ0v) is 12.5. The fraction of sp³-hybridized carbons (Fsp3) is 0.769. The van der Waals surface area contributed by atoms with Crippen LogP contribution in [-0.2, 0) is 4.74 Å². The number of nitrogens with two attached hydrogens (primary N) is 1. The van der Waals surface area contributed by atoms with Crippen LogP contribution in [0.25, 0.3) is 0 Å². The number of thiazole rings is 1. The summed E-state index contributed by atoms with van der Waals surface area (Å²) in [5.41, 5.74) is 7.15. The molecule has 2 rings (SSSR count). The van der Waals surface area contributed by atoms with Crippen molar-refractivity contribution in [1.82, 2.24) is 9.88 Å². The van der Waals surface area contributed by atoms with Gasteiger partial charge in [0.2, 0.25) is 0 Å². The average molecular weight is 269 g/mol. The van der Waals surface area contributed by atoms with Crippen molar-refractivity contribution >= 4 is 11.3 Å². The molecule has 18 heavy (non-hydrogen) atoms. The molecular weight excluding hydrogens is 246 g/mol. The first-order valence-electron chi connectivity index (χ1n) is 6.54. The number of hydrogen-bond donors (Lipinski definition) is 1. The quantitative estimate of drug-likeness (QED) is 0.910. The monoisotopic (exact) mass is 269 g/mol. The molecule has 102 valence electrons. The summed E-state index contributed by atoms with van der Waals surface area (Å²) < 4.78 is 5.71. The van der Waals surface area contributed by atoms with Crippen LogP contribution in [0, 0.1) is 13.8 Å². The normalized spacial score (nSPS) is 25.1. The fourth-order valence-corrected chi connectivity index (χ4v) is 3.38. The molecule has 5 heteroatoms. The second-order valence-corrected chi connectivity index (χ2v) is 6.52. The second-order valence-electron chi connectivity index (χ2n) is 5.11. The molecule has 4 nitrogen and oxygen atoms in total. The van der Waals surface area contributed by atoms with Crippen molar-refractivity contribution in [3.8, 4) is 0 Å². The van der Waals surface area contributed by atoms with Crippen LogP contribution in [0.2, 0.25) is 0 Å². The van der Waals surface area contributed by atoms with Gasteiger partial charge in [0, 0.05) is 24.0 Å². The topological polar surface area (TPSA) is 51.4 Å². The third-order valence-electron chi connectivity index (χ3n) is 3.59. The summed E-state index contributed by atoms with van der Waals surface area (Å²) in [5, 5.41) is 1.14. The van der Waals surface area contributed by atoms with Crippen molar-refractivity contribution in [3.05, 3.63) is 15.6 Å². The highest BCUT2D eigenvalue weighted by Crippen LogP contribution is 2.28. The van der Waals surface area contributed by atoms with Gasteiger partial charge in [-0.25, -0.2) is 4.98 Å². The van der Waals surface area contributed by atoms with E-state index in [9.17, 15) is 0 Å². The van der Waals surface area contributed by atoms with Crippen LogP contribution in [0.15, 0.2) is 0 Å². The molecular formula is C13H23N3OS. The first-order chi connectivity index (χ1) is 8.49. The molecule has 0 bridgehead atoms. The van der Waals surface area contributed by atoms with Crippen LogP contribution in [-0.4, -0.2) is 41.7 Å². The van der Waals surface area contributed by atoms with Crippen LogP contribution < -0.4 is 5.73 Å². The molecule has 1 fully saturated rings. The van der Waals surface area contributed by atoms with E-state index >= 15 is 0 Å². The number of aromatic nitrogens is 1. The first-order valence-corrected chi connectivity index (χ1v) is 7.36. The molecule has 1 aliphatic heterocycles. The minimum absolute atomic E-state index is 0.0817. The maximum atomic E-state index is 5.94. The van der Waals surface area contributed by atoms with E-state index in [0.717, 1.165) is 24.7 Å². The van der Waals surface area contributed by atoms with Gasteiger partial charge in [-0.1, -0.05) is 0 Å². The van der Waals surface area contributed by atoms with Crippen molar-refractivity contribution in [2.75, 3.05) is 19.7 Å². The summed E-state index contributed by atoms with van der Waals surface area (Å²) >= 11 is 1.77. The second kappa shape index (κ2) is 5.65. The highest BCUT2D eigenvalue weighted by molar-refractivity contribution is 7.11. The third-order valence-corrected chi connectivity index (χ3v) is 4.50. The number of hydrogen-bond acceptors (Lipinski definition) is 5. The van der Waals surface area contributed by atoms with E-state index in [0.29, 0.717) is 6.04 Å². The molecule has 0 aromatic carbocycles. The molecule has 3 atom stereocenters. The van der Waals surface area contributed by atoms with E-state index in [4.69, 9.17) is 10.5 Å². The van der Waals surface area contributed by atoms with Crippen molar-refractivity contribution in [1.29, 1.82) is 0 Å². The number of rotatable bonds is 3. The molecule has 2 heterocycles. The van der Waals surface area contributed by atoms with Crippen LogP contribution in [0.1, 0.15) is 35.5 Å². The van der Waals surface area contributed by atoms with Gasteiger partial charge in [0.1, 0.15) is 0 Å². The molecule has 1 saturated heterocycles. The van der Waals surface area contributed by atoms with E-state index < -0.39 is 0 Å². The molecule has 1 aliphatic rings. The van der Waals surface area contributed by atoms with E-state index in [1.165, 1.54) is 10.6 Å². The lowest BCUT2D eigenvalue weighted by Crippen LogP contribution is -2.50. The Balaban J connectivity index is 2.09. The molecule has 0 amide bonds. The Kier molecular flexibility index (Phi) is 4.37. The van der Waals surface area contributed by atoms with Gasteiger partial charge < -0.3 is 10.5 Å². The van der Waals surface area contributed by atoms with Gasteiger partial charge in [0.25, 0.3) is 0 Å². The standard InChI is InChI=1S/C13H23N3OS/c1-8(14)12-7-16(5-6-17-12)9(2)13-10(3)18-11(4)15-13/h8-9,12H,5-7,14H2,1-4H3. The predicted molar refractivity (Wildman–Crippen MR) is 75.0 cm³/mol. The molecule has 1 aromatic rings. The molecule has 2 N–H and O–H groups in total. The Morgan fingerprint density at radius 3 is 2.72 bits per heavy atom. The minimum atomic E-state index is 0.0817. The van der Waals surface area contributed by atoms with Crippen molar-refractivity contribution < 1.29 is 4.74 Å². The average Bonchev–Trinajstić information content (AvgIpc) is 2.67. The van der Waals surface area contributed by atoms with Crippen LogP contribution >= 0.6 is 11.3 Å². The highest BCUT2D eigenvalue weighted by atomic mass is 32.1. The SMILES string of the molecule is Cc1nc(C(C)N2CCOC(C(C)N)C2)c(C)s1. The van der Waals surface area contributed by atoms with E-state index in [-0.39, 0.29) is 12.1 Å². The molecule has 3 unspecified atom stereocenters. The summed E-state index contributed by atoms with van der Waals surface area (Å²) in [6.07, 6.45) is 0.140. The molecule has 0 spiro atoms. The summed E-state index contributed by atoms with van der Waals surface area (Å²) in [6, 6.07) is 0.429. The number of morpholine rings is 1. The van der Waals surface area contributed by atoms with Gasteiger partial charge in [0.05, 0.1) is 29.5 Å². The molecule has 0 radical (unpaired) electrons. The Labute approximate surface area is 113 Å². The third kappa shape index (κ3) is 2.91. The predicted octanol–water partition coefficient (Wildman–Crippen LogP) is 1.87. The Morgan fingerprint density at radius 2 is 2.17 bits per heavy atom. The lowest BCUT2D eigenvalue weighted by atomic mass is 10.1. The van der Waals surface area contributed by atoms with Crippen molar-refractivity contribution in [2.24, 2.45) is 5.73 Å². The molecule has 0 aliphatic carbocycles. The highest BCUT2D eigenvalue weighted by Gasteiger charge is 2.28. The summed E-state index contributed by atoms with van der Waals surface area (Å²) in [7, 11) is 0. The van der Waals surface area contributed by atoms with Crippen molar-refractivity contribution in [3.63, 3.8) is 0 Å². The van der Waals surface area contributed by atoms with Gasteiger partial charge in [-0.05, 0) is 27.7 Å². The zero-order valence-electron chi connectivity index (χ0n) is 11.6.